The molecule has 0 fully saturated rings. The summed E-state index contributed by atoms with van der Waals surface area (Å²) < 4.78 is 1.51. The van der Waals surface area contributed by atoms with Crippen molar-refractivity contribution in [3.05, 3.63) is 40.9 Å². The molecule has 1 aromatic heterocycles. The van der Waals surface area contributed by atoms with E-state index >= 15 is 0 Å². The van der Waals surface area contributed by atoms with Crippen molar-refractivity contribution in [2.45, 2.75) is 59.0 Å². The number of hydrogen-bond acceptors (Lipinski definition) is 3. The summed E-state index contributed by atoms with van der Waals surface area (Å²) in [5, 5.41) is 3.59. The van der Waals surface area contributed by atoms with Crippen LogP contribution in [0.15, 0.2) is 35.4 Å². The van der Waals surface area contributed by atoms with Gasteiger partial charge < -0.3 is 5.32 Å². The highest BCUT2D eigenvalue weighted by Gasteiger charge is 2.09. The second kappa shape index (κ2) is 8.62. The SMILES string of the molecule is CC(C)CCCC(C)NC(=O)CCn1cnc2ccccc2c1=O. The van der Waals surface area contributed by atoms with Gasteiger partial charge in [0.2, 0.25) is 5.91 Å². The standard InChI is InChI=1S/C19H27N3O2/c1-14(2)7-6-8-15(3)21-18(23)11-12-22-13-20-17-10-5-4-9-16(17)19(22)24/h4-5,9-10,13-15H,6-8,11-12H2,1-3H3,(H,21,23). The van der Waals surface area contributed by atoms with Crippen LogP contribution < -0.4 is 10.9 Å². The summed E-state index contributed by atoms with van der Waals surface area (Å²) in [5.74, 6) is 0.673. The number of benzene rings is 1. The van der Waals surface area contributed by atoms with Crippen LogP contribution in [0.1, 0.15) is 46.5 Å². The van der Waals surface area contributed by atoms with Crippen molar-refractivity contribution in [1.29, 1.82) is 0 Å². The number of rotatable bonds is 8. The number of aryl methyl sites for hydroxylation is 1. The van der Waals surface area contributed by atoms with Crippen molar-refractivity contribution < 1.29 is 4.79 Å². The largest absolute Gasteiger partial charge is 0.354 e. The number of nitrogens with one attached hydrogen (secondary N) is 1. The Morgan fingerprint density at radius 2 is 1.96 bits per heavy atom. The van der Waals surface area contributed by atoms with Crippen LogP contribution in [0, 0.1) is 5.92 Å². The molecule has 130 valence electrons. The molecule has 0 bridgehead atoms. The van der Waals surface area contributed by atoms with Crippen molar-refractivity contribution in [2.75, 3.05) is 0 Å². The second-order valence-electron chi connectivity index (χ2n) is 6.80. The first kappa shape index (κ1) is 18.2. The highest BCUT2D eigenvalue weighted by atomic mass is 16.2. The van der Waals surface area contributed by atoms with E-state index in [1.54, 1.807) is 6.07 Å². The molecule has 5 nitrogen and oxygen atoms in total. The molecular formula is C19H27N3O2. The zero-order valence-corrected chi connectivity index (χ0v) is 14.8. The lowest BCUT2D eigenvalue weighted by atomic mass is 10.0. The second-order valence-corrected chi connectivity index (χ2v) is 6.80. The molecule has 0 spiro atoms. The molecule has 0 aliphatic heterocycles. The Bertz CT molecular complexity index is 737. The minimum absolute atomic E-state index is 0.0212. The van der Waals surface area contributed by atoms with E-state index in [0.717, 1.165) is 12.8 Å². The Kier molecular flexibility index (Phi) is 6.53. The number of hydrogen-bond donors (Lipinski definition) is 1. The van der Waals surface area contributed by atoms with Crippen LogP contribution in [0.5, 0.6) is 0 Å². The third-order valence-electron chi connectivity index (χ3n) is 4.14. The van der Waals surface area contributed by atoms with Crippen molar-refractivity contribution in [3.8, 4) is 0 Å². The number of para-hydroxylation sites is 1. The Hall–Kier alpha value is -2.17. The van der Waals surface area contributed by atoms with Crippen molar-refractivity contribution in [3.63, 3.8) is 0 Å². The van der Waals surface area contributed by atoms with E-state index in [1.165, 1.54) is 17.3 Å². The summed E-state index contributed by atoms with van der Waals surface area (Å²) in [6.07, 6.45) is 5.09. The van der Waals surface area contributed by atoms with E-state index in [0.29, 0.717) is 23.4 Å². The zero-order valence-electron chi connectivity index (χ0n) is 14.8. The lowest BCUT2D eigenvalue weighted by Crippen LogP contribution is -2.34. The first-order valence-electron chi connectivity index (χ1n) is 8.71. The molecular weight excluding hydrogens is 302 g/mol. The third kappa shape index (κ3) is 5.18. The van der Waals surface area contributed by atoms with Crippen molar-refractivity contribution in [2.24, 2.45) is 5.92 Å². The van der Waals surface area contributed by atoms with E-state index in [2.05, 4.69) is 24.1 Å². The molecule has 1 unspecified atom stereocenters. The number of fused-ring (bicyclic) bond motifs is 1. The number of carbonyl (C=O) groups excluding carboxylic acids is 1. The average Bonchev–Trinajstić information content (AvgIpc) is 2.54. The van der Waals surface area contributed by atoms with Crippen LogP contribution in [0.4, 0.5) is 0 Å². The Balaban J connectivity index is 1.86. The summed E-state index contributed by atoms with van der Waals surface area (Å²) in [6.45, 7) is 6.79. The predicted octanol–water partition coefficient (Wildman–Crippen LogP) is 3.12. The maximum atomic E-state index is 12.4. The molecule has 2 aromatic rings. The van der Waals surface area contributed by atoms with Crippen molar-refractivity contribution in [1.82, 2.24) is 14.9 Å². The van der Waals surface area contributed by atoms with Gasteiger partial charge in [-0.25, -0.2) is 4.98 Å². The molecule has 1 atom stereocenters. The van der Waals surface area contributed by atoms with Crippen LogP contribution in [0.3, 0.4) is 0 Å². The Morgan fingerprint density at radius 1 is 1.21 bits per heavy atom. The predicted molar refractivity (Wildman–Crippen MR) is 96.9 cm³/mol. The third-order valence-corrected chi connectivity index (χ3v) is 4.14. The van der Waals surface area contributed by atoms with Gasteiger partial charge in [0.15, 0.2) is 0 Å². The van der Waals surface area contributed by atoms with Gasteiger partial charge in [-0.15, -0.1) is 0 Å². The van der Waals surface area contributed by atoms with Gasteiger partial charge in [-0.1, -0.05) is 38.8 Å². The Labute approximate surface area is 143 Å². The summed E-state index contributed by atoms with van der Waals surface area (Å²) in [6, 6.07) is 7.42. The van der Waals surface area contributed by atoms with Crippen LogP contribution in [-0.4, -0.2) is 21.5 Å². The molecule has 0 aliphatic carbocycles. The number of nitrogens with zero attached hydrogens (tertiary/aromatic N) is 2. The number of aromatic nitrogens is 2. The fourth-order valence-electron chi connectivity index (χ4n) is 2.74. The van der Waals surface area contributed by atoms with Crippen molar-refractivity contribution >= 4 is 16.8 Å². The topological polar surface area (TPSA) is 64.0 Å². The number of carbonyl (C=O) groups is 1. The van der Waals surface area contributed by atoms with E-state index in [-0.39, 0.29) is 23.9 Å². The molecule has 1 heterocycles. The highest BCUT2D eigenvalue weighted by molar-refractivity contribution is 5.77. The first-order chi connectivity index (χ1) is 11.5. The van der Waals surface area contributed by atoms with Crippen LogP contribution in [-0.2, 0) is 11.3 Å². The summed E-state index contributed by atoms with van der Waals surface area (Å²) in [7, 11) is 0. The van der Waals surface area contributed by atoms with Gasteiger partial charge in [-0.2, -0.15) is 0 Å². The molecule has 0 radical (unpaired) electrons. The average molecular weight is 329 g/mol. The molecule has 24 heavy (non-hydrogen) atoms. The van der Waals surface area contributed by atoms with Gasteiger partial charge in [0.05, 0.1) is 17.2 Å². The van der Waals surface area contributed by atoms with Crippen LogP contribution in [0.25, 0.3) is 10.9 Å². The van der Waals surface area contributed by atoms with E-state index < -0.39 is 0 Å². The molecule has 0 aliphatic rings. The van der Waals surface area contributed by atoms with Crippen LogP contribution >= 0.6 is 0 Å². The van der Waals surface area contributed by atoms with Gasteiger partial charge >= 0.3 is 0 Å². The lowest BCUT2D eigenvalue weighted by molar-refractivity contribution is -0.121. The first-order valence-corrected chi connectivity index (χ1v) is 8.71. The molecule has 1 N–H and O–H groups in total. The molecule has 0 saturated heterocycles. The normalized spacial score (nSPS) is 12.5. The molecule has 1 aromatic carbocycles. The Morgan fingerprint density at radius 3 is 2.71 bits per heavy atom. The fraction of sp³-hybridized carbons (Fsp3) is 0.526. The van der Waals surface area contributed by atoms with E-state index in [9.17, 15) is 9.59 Å². The molecule has 0 saturated carbocycles. The molecule has 1 amide bonds. The lowest BCUT2D eigenvalue weighted by Gasteiger charge is -2.15. The van der Waals surface area contributed by atoms with Gasteiger partial charge in [0, 0.05) is 19.0 Å². The van der Waals surface area contributed by atoms with E-state index in [4.69, 9.17) is 0 Å². The highest BCUT2D eigenvalue weighted by Crippen LogP contribution is 2.08. The summed E-state index contributed by atoms with van der Waals surface area (Å²) >= 11 is 0. The van der Waals surface area contributed by atoms with Gasteiger partial charge in [0.25, 0.3) is 5.56 Å². The summed E-state index contributed by atoms with van der Waals surface area (Å²) in [5.41, 5.74) is 0.584. The van der Waals surface area contributed by atoms with Gasteiger partial charge in [-0.05, 0) is 31.4 Å². The maximum absolute atomic E-state index is 12.4. The van der Waals surface area contributed by atoms with E-state index in [1.807, 2.05) is 25.1 Å². The van der Waals surface area contributed by atoms with Crippen LogP contribution in [0.2, 0.25) is 0 Å². The van der Waals surface area contributed by atoms with Gasteiger partial charge in [0.1, 0.15) is 0 Å². The minimum atomic E-state index is -0.0987. The molecule has 2 rings (SSSR count). The zero-order chi connectivity index (χ0) is 17.5. The fourth-order valence-corrected chi connectivity index (χ4v) is 2.74. The monoisotopic (exact) mass is 329 g/mol. The number of amides is 1. The quantitative estimate of drug-likeness (QED) is 0.809. The van der Waals surface area contributed by atoms with Gasteiger partial charge in [-0.3, -0.25) is 14.2 Å². The maximum Gasteiger partial charge on any atom is 0.261 e. The summed E-state index contributed by atoms with van der Waals surface area (Å²) in [4.78, 5) is 28.7. The minimum Gasteiger partial charge on any atom is -0.354 e. The molecule has 5 heteroatoms. The smallest absolute Gasteiger partial charge is 0.261 e.